The number of carbonyl (C=O) groups excluding carboxylic acids is 1. The van der Waals surface area contributed by atoms with Crippen molar-refractivity contribution in [1.29, 1.82) is 0 Å². The first-order chi connectivity index (χ1) is 15.8. The van der Waals surface area contributed by atoms with Crippen LogP contribution >= 0.6 is 0 Å². The van der Waals surface area contributed by atoms with E-state index in [0.29, 0.717) is 5.75 Å². The largest absolute Gasteiger partial charge is 0.475 e. The average Bonchev–Trinajstić information content (AvgIpc) is 2.79. The highest BCUT2D eigenvalue weighted by atomic mass is 16.5. The zero-order valence-electron chi connectivity index (χ0n) is 19.6. The molecule has 0 radical (unpaired) electrons. The van der Waals surface area contributed by atoms with Crippen molar-refractivity contribution in [3.8, 4) is 11.5 Å². The van der Waals surface area contributed by atoms with Crippen molar-refractivity contribution in [2.24, 2.45) is 0 Å². The van der Waals surface area contributed by atoms with Gasteiger partial charge in [-0.15, -0.1) is 0 Å². The molecule has 3 aromatic rings. The number of hydrogen-bond donors (Lipinski definition) is 0. The van der Waals surface area contributed by atoms with Crippen molar-refractivity contribution in [2.45, 2.75) is 32.4 Å². The number of nitrogens with zero attached hydrogens (tertiary/aromatic N) is 2. The second-order valence-corrected chi connectivity index (χ2v) is 8.55. The molecule has 0 amide bonds. The number of fused-ring (bicyclic) bond motifs is 1. The van der Waals surface area contributed by atoms with Gasteiger partial charge in [0.15, 0.2) is 0 Å². The second-order valence-electron chi connectivity index (χ2n) is 8.55. The molecule has 1 aliphatic rings. The minimum atomic E-state index is -0.331. The van der Waals surface area contributed by atoms with Crippen LogP contribution in [0, 0.1) is 0 Å². The van der Waals surface area contributed by atoms with E-state index in [9.17, 15) is 4.79 Å². The van der Waals surface area contributed by atoms with Crippen LogP contribution < -0.4 is 14.4 Å². The van der Waals surface area contributed by atoms with Gasteiger partial charge in [0.1, 0.15) is 17.7 Å². The van der Waals surface area contributed by atoms with Crippen LogP contribution in [-0.4, -0.2) is 31.2 Å². The Balaban J connectivity index is 1.64. The highest BCUT2D eigenvalue weighted by Crippen LogP contribution is 2.45. The number of carbonyl (C=O) groups is 1. The zero-order valence-corrected chi connectivity index (χ0v) is 19.6. The molecule has 0 bridgehead atoms. The summed E-state index contributed by atoms with van der Waals surface area (Å²) in [5.41, 5.74) is 5.57. The van der Waals surface area contributed by atoms with Crippen LogP contribution in [-0.2, 0) is 11.2 Å². The van der Waals surface area contributed by atoms with E-state index in [-0.39, 0.29) is 18.1 Å². The molecule has 0 fully saturated rings. The van der Waals surface area contributed by atoms with Crippen LogP contribution in [0.25, 0.3) is 0 Å². The fourth-order valence-electron chi connectivity index (χ4n) is 4.08. The van der Waals surface area contributed by atoms with Crippen molar-refractivity contribution < 1.29 is 14.3 Å². The molecule has 2 unspecified atom stereocenters. The predicted octanol–water partition coefficient (Wildman–Crippen LogP) is 5.89. The van der Waals surface area contributed by atoms with E-state index in [1.54, 1.807) is 0 Å². The molecule has 0 aromatic heterocycles. The van der Waals surface area contributed by atoms with Crippen LogP contribution in [0.2, 0.25) is 0 Å². The molecule has 0 spiro atoms. The third-order valence-corrected chi connectivity index (χ3v) is 6.02. The Morgan fingerprint density at radius 2 is 1.64 bits per heavy atom. The maximum Gasteiger partial charge on any atom is 0.308 e. The molecule has 1 heterocycles. The van der Waals surface area contributed by atoms with Crippen molar-refractivity contribution in [1.82, 2.24) is 4.90 Å². The number of ether oxygens (including phenoxy) is 2. The monoisotopic (exact) mass is 442 g/mol. The number of para-hydroxylation sites is 1. The first kappa shape index (κ1) is 22.6. The summed E-state index contributed by atoms with van der Waals surface area (Å²) >= 11 is 0. The summed E-state index contributed by atoms with van der Waals surface area (Å²) in [4.78, 5) is 15.5. The quantitative estimate of drug-likeness (QED) is 0.270. The van der Waals surface area contributed by atoms with Gasteiger partial charge in [-0.2, -0.15) is 0 Å². The molecule has 0 aliphatic carbocycles. The Hall–Kier alpha value is -3.57. The number of esters is 1. The summed E-state index contributed by atoms with van der Waals surface area (Å²) in [5, 5.41) is 0. The topological polar surface area (TPSA) is 42.0 Å². The van der Waals surface area contributed by atoms with Gasteiger partial charge in [-0.25, -0.2) is 0 Å². The Morgan fingerprint density at radius 1 is 1.00 bits per heavy atom. The van der Waals surface area contributed by atoms with E-state index >= 15 is 0 Å². The molecule has 0 N–H and O–H groups in total. The molecule has 2 atom stereocenters. The summed E-state index contributed by atoms with van der Waals surface area (Å²) in [7, 11) is 3.99. The van der Waals surface area contributed by atoms with Crippen molar-refractivity contribution in [3.63, 3.8) is 0 Å². The SMILES string of the molecule is C=C1C(c2ccc(OC(C)N(C)C)cc2)Cc2ccccc2N1c1ccc(OC(C)=O)cc1. The fraction of sp³-hybridized carbons (Fsp3) is 0.250. The zero-order chi connectivity index (χ0) is 23.5. The second kappa shape index (κ2) is 9.51. The van der Waals surface area contributed by atoms with Crippen LogP contribution in [0.15, 0.2) is 85.1 Å². The smallest absolute Gasteiger partial charge is 0.308 e. The average molecular weight is 443 g/mol. The molecule has 0 saturated carbocycles. The Bertz CT molecular complexity index is 1140. The number of hydrogen-bond acceptors (Lipinski definition) is 5. The first-order valence-electron chi connectivity index (χ1n) is 11.1. The third-order valence-electron chi connectivity index (χ3n) is 6.02. The van der Waals surface area contributed by atoms with Crippen LogP contribution in [0.1, 0.15) is 30.9 Å². The summed E-state index contributed by atoms with van der Waals surface area (Å²) in [6, 6.07) is 24.3. The van der Waals surface area contributed by atoms with Crippen molar-refractivity contribution in [2.75, 3.05) is 19.0 Å². The molecule has 4 rings (SSSR count). The molecule has 5 heteroatoms. The van der Waals surface area contributed by atoms with Gasteiger partial charge in [-0.1, -0.05) is 36.9 Å². The van der Waals surface area contributed by atoms with Gasteiger partial charge < -0.3 is 14.4 Å². The lowest BCUT2D eigenvalue weighted by atomic mass is 9.84. The predicted molar refractivity (Wildman–Crippen MR) is 132 cm³/mol. The van der Waals surface area contributed by atoms with Crippen LogP contribution in [0.4, 0.5) is 11.4 Å². The van der Waals surface area contributed by atoms with E-state index in [1.807, 2.05) is 68.4 Å². The number of anilines is 2. The summed E-state index contributed by atoms with van der Waals surface area (Å²) in [5.74, 6) is 1.18. The lowest BCUT2D eigenvalue weighted by Crippen LogP contribution is -2.30. The van der Waals surface area contributed by atoms with Gasteiger partial charge in [-0.05, 0) is 81.0 Å². The molecule has 33 heavy (non-hydrogen) atoms. The van der Waals surface area contributed by atoms with Gasteiger partial charge in [0.25, 0.3) is 0 Å². The lowest BCUT2D eigenvalue weighted by Gasteiger charge is -2.38. The maximum atomic E-state index is 11.3. The normalized spacial score (nSPS) is 16.3. The Morgan fingerprint density at radius 3 is 2.27 bits per heavy atom. The molecule has 1 aliphatic heterocycles. The van der Waals surface area contributed by atoms with Crippen molar-refractivity contribution >= 4 is 17.3 Å². The first-order valence-corrected chi connectivity index (χ1v) is 11.1. The summed E-state index contributed by atoms with van der Waals surface area (Å²) < 4.78 is 11.2. The number of benzene rings is 3. The molecule has 0 saturated heterocycles. The van der Waals surface area contributed by atoms with E-state index in [1.165, 1.54) is 18.1 Å². The van der Waals surface area contributed by atoms with Crippen molar-refractivity contribution in [3.05, 3.63) is 96.2 Å². The Labute approximate surface area is 195 Å². The van der Waals surface area contributed by atoms with Gasteiger partial charge in [-0.3, -0.25) is 9.69 Å². The fourth-order valence-corrected chi connectivity index (χ4v) is 4.08. The van der Waals surface area contributed by atoms with Crippen LogP contribution in [0.3, 0.4) is 0 Å². The highest BCUT2D eigenvalue weighted by Gasteiger charge is 2.30. The molecular formula is C28H30N2O3. The van der Waals surface area contributed by atoms with Gasteiger partial charge >= 0.3 is 5.97 Å². The summed E-state index contributed by atoms with van der Waals surface area (Å²) in [6.07, 6.45) is 0.878. The van der Waals surface area contributed by atoms with Gasteiger partial charge in [0, 0.05) is 29.9 Å². The summed E-state index contributed by atoms with van der Waals surface area (Å²) in [6.45, 7) is 7.92. The van der Waals surface area contributed by atoms with E-state index < -0.39 is 0 Å². The van der Waals surface area contributed by atoms with E-state index in [4.69, 9.17) is 9.47 Å². The highest BCUT2D eigenvalue weighted by molar-refractivity contribution is 5.75. The maximum absolute atomic E-state index is 11.3. The number of allylic oxidation sites excluding steroid dienone is 1. The Kier molecular flexibility index (Phi) is 6.52. The van der Waals surface area contributed by atoms with E-state index in [2.05, 4.69) is 41.8 Å². The third kappa shape index (κ3) is 4.94. The molecule has 170 valence electrons. The lowest BCUT2D eigenvalue weighted by molar-refractivity contribution is -0.131. The molecule has 5 nitrogen and oxygen atoms in total. The minimum Gasteiger partial charge on any atom is -0.475 e. The van der Waals surface area contributed by atoms with Gasteiger partial charge in [0.05, 0.1) is 0 Å². The van der Waals surface area contributed by atoms with E-state index in [0.717, 1.165) is 29.2 Å². The van der Waals surface area contributed by atoms with Crippen LogP contribution in [0.5, 0.6) is 11.5 Å². The molecular weight excluding hydrogens is 412 g/mol. The minimum absolute atomic E-state index is 0.00202. The molecule has 3 aromatic carbocycles. The number of rotatable bonds is 6. The van der Waals surface area contributed by atoms with Gasteiger partial charge in [0.2, 0.25) is 0 Å². The standard InChI is InChI=1S/C28H30N2O3/c1-19-27(22-10-14-25(15-11-22)32-20(2)29(4)5)18-23-8-6-7-9-28(23)30(19)24-12-16-26(17-13-24)33-21(3)31/h6-17,20,27H,1,18H2,2-5H3.